The van der Waals surface area contributed by atoms with E-state index in [4.69, 9.17) is 11.6 Å². The van der Waals surface area contributed by atoms with Crippen molar-refractivity contribution in [1.82, 2.24) is 4.98 Å². The molecule has 0 amide bonds. The van der Waals surface area contributed by atoms with E-state index in [9.17, 15) is 9.59 Å². The zero-order valence-electron chi connectivity index (χ0n) is 14.4. The number of carbonyl (C=O) groups excluding carboxylic acids is 2. The molecule has 0 bridgehead atoms. The molecule has 0 atom stereocenters. The first-order valence-electron chi connectivity index (χ1n) is 8.29. The molecule has 0 saturated carbocycles. The van der Waals surface area contributed by atoms with Crippen LogP contribution in [0.3, 0.4) is 0 Å². The van der Waals surface area contributed by atoms with Crippen molar-refractivity contribution in [2.24, 2.45) is 0 Å². The molecule has 3 aromatic rings. The first kappa shape index (κ1) is 18.5. The number of ketones is 2. The Labute approximate surface area is 161 Å². The first-order valence-corrected chi connectivity index (χ1v) is 9.48. The fourth-order valence-electron chi connectivity index (χ4n) is 2.65. The van der Waals surface area contributed by atoms with Crippen LogP contribution < -0.4 is 0 Å². The SMILES string of the molecule is CC(=O)Cc1ccc(C(=O)Cc2ncc(Cc3ccc(Cl)cc3)s2)cc1. The summed E-state index contributed by atoms with van der Waals surface area (Å²) in [5.41, 5.74) is 2.73. The zero-order valence-corrected chi connectivity index (χ0v) is 15.9. The Morgan fingerprint density at radius 1 is 0.962 bits per heavy atom. The lowest BCUT2D eigenvalue weighted by Crippen LogP contribution is -2.04. The van der Waals surface area contributed by atoms with E-state index in [1.807, 2.05) is 42.6 Å². The average Bonchev–Trinajstić information content (AvgIpc) is 3.04. The number of nitrogens with zero attached hydrogens (tertiary/aromatic N) is 1. The fraction of sp³-hybridized carbons (Fsp3) is 0.190. The molecule has 0 fully saturated rings. The average molecular weight is 384 g/mol. The Morgan fingerprint density at radius 2 is 1.62 bits per heavy atom. The van der Waals surface area contributed by atoms with Crippen LogP contribution in [-0.4, -0.2) is 16.6 Å². The molecule has 3 nitrogen and oxygen atoms in total. The lowest BCUT2D eigenvalue weighted by Gasteiger charge is -2.01. The number of thiazole rings is 1. The maximum absolute atomic E-state index is 12.4. The van der Waals surface area contributed by atoms with Crippen molar-refractivity contribution >= 4 is 34.5 Å². The maximum atomic E-state index is 12.4. The van der Waals surface area contributed by atoms with Crippen molar-refractivity contribution in [3.05, 3.63) is 86.3 Å². The number of benzene rings is 2. The molecule has 0 aliphatic rings. The van der Waals surface area contributed by atoms with Gasteiger partial charge in [-0.05, 0) is 30.2 Å². The van der Waals surface area contributed by atoms with Gasteiger partial charge in [0.2, 0.25) is 0 Å². The maximum Gasteiger partial charge on any atom is 0.169 e. The third-order valence-corrected chi connectivity index (χ3v) is 5.18. The Hall–Kier alpha value is -2.30. The number of halogens is 1. The molecule has 0 saturated heterocycles. The van der Waals surface area contributed by atoms with Crippen molar-refractivity contribution in [3.8, 4) is 0 Å². The Bertz CT molecular complexity index is 914. The van der Waals surface area contributed by atoms with Crippen LogP contribution in [-0.2, 0) is 24.1 Å². The van der Waals surface area contributed by atoms with E-state index in [0.29, 0.717) is 12.0 Å². The molecule has 2 aromatic carbocycles. The van der Waals surface area contributed by atoms with Crippen LogP contribution >= 0.6 is 22.9 Å². The van der Waals surface area contributed by atoms with Gasteiger partial charge < -0.3 is 0 Å². The molecule has 0 N–H and O–H groups in total. The third kappa shape index (κ3) is 5.10. The van der Waals surface area contributed by atoms with Gasteiger partial charge in [0.1, 0.15) is 10.8 Å². The number of hydrogen-bond acceptors (Lipinski definition) is 4. The first-order chi connectivity index (χ1) is 12.5. The second-order valence-electron chi connectivity index (χ2n) is 6.20. The number of carbonyl (C=O) groups is 2. The summed E-state index contributed by atoms with van der Waals surface area (Å²) in [4.78, 5) is 29.1. The summed E-state index contributed by atoms with van der Waals surface area (Å²) < 4.78 is 0. The highest BCUT2D eigenvalue weighted by Gasteiger charge is 2.11. The fourth-order valence-corrected chi connectivity index (χ4v) is 3.73. The molecule has 1 aromatic heterocycles. The van der Waals surface area contributed by atoms with E-state index in [1.165, 1.54) is 0 Å². The van der Waals surface area contributed by atoms with Crippen molar-refractivity contribution in [2.75, 3.05) is 0 Å². The minimum absolute atomic E-state index is 0.0340. The number of rotatable bonds is 7. The van der Waals surface area contributed by atoms with Gasteiger partial charge in [-0.3, -0.25) is 9.59 Å². The van der Waals surface area contributed by atoms with Gasteiger partial charge in [-0.25, -0.2) is 4.98 Å². The molecular weight excluding hydrogens is 366 g/mol. The topological polar surface area (TPSA) is 47.0 Å². The van der Waals surface area contributed by atoms with Gasteiger partial charge >= 0.3 is 0 Å². The molecule has 0 aliphatic heterocycles. The predicted molar refractivity (Wildman–Crippen MR) is 105 cm³/mol. The highest BCUT2D eigenvalue weighted by molar-refractivity contribution is 7.11. The van der Waals surface area contributed by atoms with Crippen molar-refractivity contribution < 1.29 is 9.59 Å². The molecule has 3 rings (SSSR count). The van der Waals surface area contributed by atoms with E-state index in [0.717, 1.165) is 32.5 Å². The van der Waals surface area contributed by atoms with E-state index in [-0.39, 0.29) is 18.0 Å². The quantitative estimate of drug-likeness (QED) is 0.542. The lowest BCUT2D eigenvalue weighted by molar-refractivity contribution is -0.116. The lowest BCUT2D eigenvalue weighted by atomic mass is 10.0. The summed E-state index contributed by atoms with van der Waals surface area (Å²) in [7, 11) is 0. The molecule has 0 unspecified atom stereocenters. The Morgan fingerprint density at radius 3 is 2.27 bits per heavy atom. The van der Waals surface area contributed by atoms with Crippen molar-refractivity contribution in [2.45, 2.75) is 26.2 Å². The van der Waals surface area contributed by atoms with Gasteiger partial charge in [-0.15, -0.1) is 11.3 Å². The molecule has 0 spiro atoms. The van der Waals surface area contributed by atoms with Crippen molar-refractivity contribution in [3.63, 3.8) is 0 Å². The summed E-state index contributed by atoms with van der Waals surface area (Å²) in [6.07, 6.45) is 3.30. The van der Waals surface area contributed by atoms with Crippen LogP contribution in [0.25, 0.3) is 0 Å². The predicted octanol–water partition coefficient (Wildman–Crippen LogP) is 4.94. The number of aromatic nitrogens is 1. The van der Waals surface area contributed by atoms with E-state index < -0.39 is 0 Å². The second-order valence-corrected chi connectivity index (χ2v) is 7.84. The molecule has 26 heavy (non-hydrogen) atoms. The van der Waals surface area contributed by atoms with Crippen LogP contribution in [0.2, 0.25) is 5.02 Å². The Balaban J connectivity index is 1.62. The van der Waals surface area contributed by atoms with Crippen LogP contribution in [0.1, 0.15) is 38.3 Å². The number of Topliss-reactive ketones (excluding diaryl/α,β-unsaturated/α-hetero) is 2. The highest BCUT2D eigenvalue weighted by Crippen LogP contribution is 2.20. The van der Waals surface area contributed by atoms with E-state index >= 15 is 0 Å². The highest BCUT2D eigenvalue weighted by atomic mass is 35.5. The standard InChI is InChI=1S/C21H18ClNO2S/c1-14(24)10-15-2-6-17(7-3-15)20(25)12-21-23-13-19(26-21)11-16-4-8-18(22)9-5-16/h2-9,13H,10-12H2,1H3. The monoisotopic (exact) mass is 383 g/mol. The summed E-state index contributed by atoms with van der Waals surface area (Å²) in [6, 6.07) is 15.0. The van der Waals surface area contributed by atoms with Gasteiger partial charge in [0, 0.05) is 34.5 Å². The third-order valence-electron chi connectivity index (χ3n) is 3.93. The molecule has 5 heteroatoms. The molecule has 1 heterocycles. The van der Waals surface area contributed by atoms with Gasteiger partial charge in [-0.1, -0.05) is 48.0 Å². The van der Waals surface area contributed by atoms with Gasteiger partial charge in [0.15, 0.2) is 5.78 Å². The number of hydrogen-bond donors (Lipinski definition) is 0. The van der Waals surface area contributed by atoms with E-state index in [1.54, 1.807) is 30.4 Å². The summed E-state index contributed by atoms with van der Waals surface area (Å²) in [6.45, 7) is 1.56. The second kappa shape index (κ2) is 8.39. The van der Waals surface area contributed by atoms with Crippen molar-refractivity contribution in [1.29, 1.82) is 0 Å². The molecule has 0 aliphatic carbocycles. The minimum atomic E-state index is 0.0340. The molecule has 0 radical (unpaired) electrons. The van der Waals surface area contributed by atoms with Crippen LogP contribution in [0.5, 0.6) is 0 Å². The smallest absolute Gasteiger partial charge is 0.169 e. The van der Waals surface area contributed by atoms with Gasteiger partial charge in [0.25, 0.3) is 0 Å². The summed E-state index contributed by atoms with van der Waals surface area (Å²) >= 11 is 7.46. The Kier molecular flexibility index (Phi) is 5.96. The van der Waals surface area contributed by atoms with Gasteiger partial charge in [-0.2, -0.15) is 0 Å². The van der Waals surface area contributed by atoms with Crippen LogP contribution in [0.15, 0.2) is 54.7 Å². The van der Waals surface area contributed by atoms with E-state index in [2.05, 4.69) is 4.98 Å². The summed E-state index contributed by atoms with van der Waals surface area (Å²) in [5, 5.41) is 1.53. The van der Waals surface area contributed by atoms with Crippen LogP contribution in [0.4, 0.5) is 0 Å². The minimum Gasteiger partial charge on any atom is -0.300 e. The molecular formula is C21H18ClNO2S. The summed E-state index contributed by atoms with van der Waals surface area (Å²) in [5.74, 6) is 0.145. The largest absolute Gasteiger partial charge is 0.300 e. The van der Waals surface area contributed by atoms with Gasteiger partial charge in [0.05, 0.1) is 6.42 Å². The van der Waals surface area contributed by atoms with Crippen LogP contribution in [0, 0.1) is 0 Å². The molecule has 132 valence electrons. The normalized spacial score (nSPS) is 10.7. The zero-order chi connectivity index (χ0) is 18.5.